The van der Waals surface area contributed by atoms with Gasteiger partial charge < -0.3 is 19.1 Å². The highest BCUT2D eigenvalue weighted by atomic mass is 16.5. The minimum Gasteiger partial charge on any atom is -0.495 e. The summed E-state index contributed by atoms with van der Waals surface area (Å²) in [6.07, 6.45) is 1.71. The van der Waals surface area contributed by atoms with Crippen LogP contribution in [0.5, 0.6) is 5.75 Å². The number of hydrogen-bond donors (Lipinski definition) is 0. The van der Waals surface area contributed by atoms with Crippen LogP contribution in [-0.2, 0) is 7.05 Å². The van der Waals surface area contributed by atoms with Gasteiger partial charge in [-0.2, -0.15) is 0 Å². The lowest BCUT2D eigenvalue weighted by Gasteiger charge is -2.36. The molecule has 0 aliphatic carbocycles. The van der Waals surface area contributed by atoms with Gasteiger partial charge in [0.1, 0.15) is 22.7 Å². The first-order valence-electron chi connectivity index (χ1n) is 10.6. The Kier molecular flexibility index (Phi) is 4.84. The van der Waals surface area contributed by atoms with Crippen molar-refractivity contribution in [3.63, 3.8) is 0 Å². The zero-order valence-electron chi connectivity index (χ0n) is 18.4. The minimum absolute atomic E-state index is 0.0876. The average molecular weight is 431 g/mol. The Morgan fingerprint density at radius 2 is 1.78 bits per heavy atom. The third-order valence-corrected chi connectivity index (χ3v) is 6.24. The van der Waals surface area contributed by atoms with Crippen molar-refractivity contribution in [1.29, 1.82) is 0 Å². The van der Waals surface area contributed by atoms with Gasteiger partial charge in [0.2, 0.25) is 0 Å². The van der Waals surface area contributed by atoms with E-state index in [1.165, 1.54) is 4.40 Å². The van der Waals surface area contributed by atoms with E-state index < -0.39 is 0 Å². The summed E-state index contributed by atoms with van der Waals surface area (Å²) >= 11 is 0. The zero-order valence-corrected chi connectivity index (χ0v) is 18.4. The van der Waals surface area contributed by atoms with Crippen molar-refractivity contribution in [3.05, 3.63) is 70.3 Å². The number of aromatic nitrogens is 3. The molecule has 164 valence electrons. The number of methoxy groups -OCH3 is 1. The molecule has 0 atom stereocenters. The van der Waals surface area contributed by atoms with Crippen LogP contribution in [0.2, 0.25) is 0 Å². The molecule has 8 nitrogen and oxygen atoms in total. The van der Waals surface area contributed by atoms with Crippen LogP contribution in [0, 0.1) is 6.92 Å². The lowest BCUT2D eigenvalue weighted by molar-refractivity contribution is 0.0737. The van der Waals surface area contributed by atoms with Crippen molar-refractivity contribution in [2.45, 2.75) is 6.92 Å². The summed E-state index contributed by atoms with van der Waals surface area (Å²) in [7, 11) is 3.46. The largest absolute Gasteiger partial charge is 0.495 e. The van der Waals surface area contributed by atoms with E-state index in [-0.39, 0.29) is 11.5 Å². The molecule has 1 fully saturated rings. The molecular weight excluding hydrogens is 406 g/mol. The second kappa shape index (κ2) is 7.71. The first kappa shape index (κ1) is 20.1. The monoisotopic (exact) mass is 431 g/mol. The number of pyridine rings is 1. The maximum absolute atomic E-state index is 13.4. The number of hydrogen-bond acceptors (Lipinski definition) is 5. The number of carbonyl (C=O) groups excluding carboxylic acids is 1. The molecule has 4 aromatic rings. The highest BCUT2D eigenvalue weighted by Crippen LogP contribution is 2.28. The molecule has 0 N–H and O–H groups in total. The molecule has 1 saturated heterocycles. The summed E-state index contributed by atoms with van der Waals surface area (Å²) in [4.78, 5) is 35.1. The van der Waals surface area contributed by atoms with Gasteiger partial charge in [0, 0.05) is 39.4 Å². The first-order chi connectivity index (χ1) is 15.5. The highest BCUT2D eigenvalue weighted by Gasteiger charge is 2.26. The molecule has 3 aromatic heterocycles. The zero-order chi connectivity index (χ0) is 22.4. The highest BCUT2D eigenvalue weighted by molar-refractivity contribution is 5.98. The molecule has 0 saturated carbocycles. The van der Waals surface area contributed by atoms with Crippen LogP contribution in [-0.4, -0.2) is 58.0 Å². The number of ether oxygens (including phenoxy) is 1. The van der Waals surface area contributed by atoms with Gasteiger partial charge in [0.15, 0.2) is 0 Å². The van der Waals surface area contributed by atoms with E-state index in [0.29, 0.717) is 48.6 Å². The maximum atomic E-state index is 13.4. The van der Waals surface area contributed by atoms with E-state index in [2.05, 4.69) is 9.88 Å². The summed E-state index contributed by atoms with van der Waals surface area (Å²) in [5.74, 6) is 0.741. The Hall–Kier alpha value is -3.81. The van der Waals surface area contributed by atoms with E-state index in [1.54, 1.807) is 31.0 Å². The standard InChI is InChI=1S/C24H25N5O3/c1-16-7-6-10-29-21(16)25-22-17(23(29)30)15-19(26(22)2)24(31)28-13-11-27(12-14-28)18-8-4-5-9-20(18)32-3/h4-10,15H,11-14H2,1-3H3. The Balaban J connectivity index is 1.44. The van der Waals surface area contributed by atoms with Gasteiger partial charge in [0.25, 0.3) is 11.5 Å². The molecule has 8 heteroatoms. The molecular formula is C24H25N5O3. The SMILES string of the molecule is COc1ccccc1N1CCN(C(=O)c2cc3c(=O)n4cccc(C)c4nc3n2C)CC1. The van der Waals surface area contributed by atoms with Crippen molar-refractivity contribution >= 4 is 28.3 Å². The molecule has 0 radical (unpaired) electrons. The summed E-state index contributed by atoms with van der Waals surface area (Å²) < 4.78 is 8.75. The third-order valence-electron chi connectivity index (χ3n) is 6.24. The molecule has 32 heavy (non-hydrogen) atoms. The Bertz CT molecular complexity index is 1400. The summed E-state index contributed by atoms with van der Waals surface area (Å²) in [5, 5.41) is 0.451. The molecule has 0 bridgehead atoms. The van der Waals surface area contributed by atoms with Crippen LogP contribution in [0.4, 0.5) is 5.69 Å². The average Bonchev–Trinajstić information content (AvgIpc) is 3.16. The fourth-order valence-corrected chi connectivity index (χ4v) is 4.44. The van der Waals surface area contributed by atoms with Crippen LogP contribution in [0.3, 0.4) is 0 Å². The smallest absolute Gasteiger partial charge is 0.270 e. The Morgan fingerprint density at radius 1 is 1.03 bits per heavy atom. The van der Waals surface area contributed by atoms with Crippen molar-refractivity contribution in [2.24, 2.45) is 7.05 Å². The Morgan fingerprint density at radius 3 is 2.53 bits per heavy atom. The number of rotatable bonds is 3. The number of piperazine rings is 1. The number of para-hydroxylation sites is 2. The van der Waals surface area contributed by atoms with Gasteiger partial charge in [-0.1, -0.05) is 18.2 Å². The maximum Gasteiger partial charge on any atom is 0.270 e. The van der Waals surface area contributed by atoms with E-state index in [0.717, 1.165) is 17.0 Å². The number of carbonyl (C=O) groups is 1. The molecule has 1 amide bonds. The van der Waals surface area contributed by atoms with E-state index in [9.17, 15) is 9.59 Å². The van der Waals surface area contributed by atoms with Crippen LogP contribution in [0.25, 0.3) is 16.7 Å². The third kappa shape index (κ3) is 3.10. The van der Waals surface area contributed by atoms with Crippen LogP contribution in [0.1, 0.15) is 16.1 Å². The van der Waals surface area contributed by atoms with Gasteiger partial charge in [-0.15, -0.1) is 0 Å². The molecule has 4 heterocycles. The Labute approximate surface area is 185 Å². The summed E-state index contributed by atoms with van der Waals surface area (Å²) in [6.45, 7) is 4.52. The fourth-order valence-electron chi connectivity index (χ4n) is 4.44. The van der Waals surface area contributed by atoms with Gasteiger partial charge in [-0.05, 0) is 36.8 Å². The number of fused-ring (bicyclic) bond motifs is 2. The predicted octanol–water partition coefficient (Wildman–Crippen LogP) is 2.47. The van der Waals surface area contributed by atoms with Crippen molar-refractivity contribution in [1.82, 2.24) is 18.9 Å². The lowest BCUT2D eigenvalue weighted by atomic mass is 10.2. The minimum atomic E-state index is -0.163. The summed E-state index contributed by atoms with van der Waals surface area (Å²) in [6, 6.07) is 13.3. The number of aryl methyl sites for hydroxylation is 2. The van der Waals surface area contributed by atoms with E-state index in [1.807, 2.05) is 48.2 Å². The molecule has 1 aliphatic heterocycles. The molecule has 1 aromatic carbocycles. The van der Waals surface area contributed by atoms with Crippen molar-refractivity contribution in [2.75, 3.05) is 38.2 Å². The number of anilines is 1. The first-order valence-corrected chi connectivity index (χ1v) is 10.6. The van der Waals surface area contributed by atoms with Gasteiger partial charge in [-0.25, -0.2) is 4.98 Å². The van der Waals surface area contributed by atoms with E-state index in [4.69, 9.17) is 4.74 Å². The molecule has 1 aliphatic rings. The van der Waals surface area contributed by atoms with Crippen LogP contribution >= 0.6 is 0 Å². The number of benzene rings is 1. The van der Waals surface area contributed by atoms with Crippen molar-refractivity contribution < 1.29 is 9.53 Å². The topological polar surface area (TPSA) is 72.1 Å². The van der Waals surface area contributed by atoms with Crippen LogP contribution < -0.4 is 15.2 Å². The normalized spacial score (nSPS) is 14.3. The molecule has 0 spiro atoms. The van der Waals surface area contributed by atoms with Gasteiger partial charge in [0.05, 0.1) is 18.2 Å². The number of amides is 1. The van der Waals surface area contributed by atoms with E-state index >= 15 is 0 Å². The molecule has 0 unspecified atom stereocenters. The fraction of sp³-hybridized carbons (Fsp3) is 0.292. The molecule has 5 rings (SSSR count). The predicted molar refractivity (Wildman–Crippen MR) is 124 cm³/mol. The second-order valence-corrected chi connectivity index (χ2v) is 8.08. The quantitative estimate of drug-likeness (QED) is 0.498. The van der Waals surface area contributed by atoms with Gasteiger partial charge in [-0.3, -0.25) is 14.0 Å². The lowest BCUT2D eigenvalue weighted by Crippen LogP contribution is -2.49. The van der Waals surface area contributed by atoms with Gasteiger partial charge >= 0.3 is 0 Å². The second-order valence-electron chi connectivity index (χ2n) is 8.08. The van der Waals surface area contributed by atoms with Crippen molar-refractivity contribution in [3.8, 4) is 5.75 Å². The summed E-state index contributed by atoms with van der Waals surface area (Å²) in [5.41, 5.74) is 3.39. The van der Waals surface area contributed by atoms with Crippen LogP contribution in [0.15, 0.2) is 53.5 Å². The number of nitrogens with zero attached hydrogens (tertiary/aromatic N) is 5.